The Balaban J connectivity index is 2.23. The van der Waals surface area contributed by atoms with Crippen LogP contribution in [0.15, 0.2) is 33.1 Å². The van der Waals surface area contributed by atoms with Gasteiger partial charge >= 0.3 is 0 Å². The number of thiazole rings is 1. The lowest BCUT2D eigenvalue weighted by Gasteiger charge is -1.99. The summed E-state index contributed by atoms with van der Waals surface area (Å²) in [7, 11) is 0. The molecule has 0 aliphatic heterocycles. The molecule has 0 aliphatic carbocycles. The highest BCUT2D eigenvalue weighted by Crippen LogP contribution is 2.31. The fraction of sp³-hybridized carbons (Fsp3) is 0.111. The maximum atomic E-state index is 5.73. The number of hydrogen-bond acceptors (Lipinski definition) is 4. The second-order valence-electron chi connectivity index (χ2n) is 2.66. The summed E-state index contributed by atoms with van der Waals surface area (Å²) in [6.45, 7) is 2.03. The summed E-state index contributed by atoms with van der Waals surface area (Å²) in [5, 5.41) is 3.35. The molecule has 2 rings (SSSR count). The van der Waals surface area contributed by atoms with Crippen LogP contribution in [0.4, 0.5) is 0 Å². The molecule has 14 heavy (non-hydrogen) atoms. The normalized spacial score (nSPS) is 10.4. The quantitative estimate of drug-likeness (QED) is 0.804. The predicted molar refractivity (Wildman–Crippen MR) is 60.2 cm³/mol. The summed E-state index contributed by atoms with van der Waals surface area (Å²) >= 11 is 8.81. The molecule has 0 unspecified atom stereocenters. The number of nitrogens with zero attached hydrogens (tertiary/aromatic N) is 2. The topological polar surface area (TPSA) is 25.8 Å². The molecule has 0 saturated carbocycles. The van der Waals surface area contributed by atoms with Gasteiger partial charge in [-0.2, -0.15) is 0 Å². The summed E-state index contributed by atoms with van der Waals surface area (Å²) in [5.74, 6) is 0. The van der Waals surface area contributed by atoms with Crippen molar-refractivity contribution >= 4 is 34.7 Å². The Morgan fingerprint density at radius 2 is 2.36 bits per heavy atom. The van der Waals surface area contributed by atoms with Crippen LogP contribution >= 0.6 is 34.7 Å². The molecule has 2 aromatic heterocycles. The molecule has 0 aromatic carbocycles. The van der Waals surface area contributed by atoms with Crippen LogP contribution in [0.3, 0.4) is 0 Å². The zero-order valence-corrected chi connectivity index (χ0v) is 9.79. The molecule has 0 N–H and O–H groups in total. The van der Waals surface area contributed by atoms with Crippen molar-refractivity contribution in [2.75, 3.05) is 0 Å². The van der Waals surface area contributed by atoms with Crippen LogP contribution in [0.5, 0.6) is 0 Å². The maximum Gasteiger partial charge on any atom is 0.157 e. The number of pyridine rings is 1. The molecule has 0 aliphatic rings. The fourth-order valence-electron chi connectivity index (χ4n) is 0.947. The van der Waals surface area contributed by atoms with Gasteiger partial charge in [0.2, 0.25) is 0 Å². The number of rotatable bonds is 2. The lowest BCUT2D eigenvalue weighted by atomic mass is 10.3. The lowest BCUT2D eigenvalue weighted by molar-refractivity contribution is 1.07. The summed E-state index contributed by atoms with van der Waals surface area (Å²) in [4.78, 5) is 8.42. The van der Waals surface area contributed by atoms with E-state index in [-0.39, 0.29) is 0 Å². The second-order valence-corrected chi connectivity index (χ2v) is 5.14. The summed E-state index contributed by atoms with van der Waals surface area (Å²) in [6.07, 6.45) is 1.78. The van der Waals surface area contributed by atoms with E-state index in [1.54, 1.807) is 18.0 Å². The molecule has 72 valence electrons. The zero-order chi connectivity index (χ0) is 9.97. The van der Waals surface area contributed by atoms with Crippen molar-refractivity contribution in [2.45, 2.75) is 16.3 Å². The second kappa shape index (κ2) is 4.29. The summed E-state index contributed by atoms with van der Waals surface area (Å²) in [6, 6.07) is 3.96. The minimum Gasteiger partial charge on any atom is -0.249 e. The molecule has 0 fully saturated rings. The molecule has 2 nitrogen and oxygen atoms in total. The standard InChI is InChI=1S/C9H7ClN2S2/c1-6-3-2-4-11-8(6)14-9-12-7(10)5-13-9/h2-5H,1H3. The Morgan fingerprint density at radius 3 is 3.00 bits per heavy atom. The monoisotopic (exact) mass is 242 g/mol. The molecule has 2 aromatic rings. The minimum absolute atomic E-state index is 0.547. The van der Waals surface area contributed by atoms with Crippen LogP contribution in [0.2, 0.25) is 5.15 Å². The van der Waals surface area contributed by atoms with Crippen molar-refractivity contribution < 1.29 is 0 Å². The summed E-state index contributed by atoms with van der Waals surface area (Å²) in [5.41, 5.74) is 1.16. The fourth-order valence-corrected chi connectivity index (χ4v) is 2.89. The van der Waals surface area contributed by atoms with Gasteiger partial charge in [-0.3, -0.25) is 0 Å². The molecule has 2 heterocycles. The first-order valence-corrected chi connectivity index (χ1v) is 6.03. The highest BCUT2D eigenvalue weighted by molar-refractivity contribution is 8.01. The number of halogens is 1. The maximum absolute atomic E-state index is 5.73. The van der Waals surface area contributed by atoms with Gasteiger partial charge in [-0.25, -0.2) is 9.97 Å². The van der Waals surface area contributed by atoms with Crippen molar-refractivity contribution in [3.8, 4) is 0 Å². The van der Waals surface area contributed by atoms with Gasteiger partial charge < -0.3 is 0 Å². The van der Waals surface area contributed by atoms with Gasteiger partial charge in [-0.05, 0) is 30.3 Å². The van der Waals surface area contributed by atoms with Crippen LogP contribution < -0.4 is 0 Å². The third-order valence-corrected chi connectivity index (χ3v) is 3.98. The van der Waals surface area contributed by atoms with Gasteiger partial charge in [0.05, 0.1) is 0 Å². The molecular formula is C9H7ClN2S2. The van der Waals surface area contributed by atoms with E-state index < -0.39 is 0 Å². The van der Waals surface area contributed by atoms with Crippen molar-refractivity contribution in [3.05, 3.63) is 34.4 Å². The van der Waals surface area contributed by atoms with Crippen molar-refractivity contribution in [1.29, 1.82) is 0 Å². The molecule has 0 amide bonds. The molecule has 0 saturated heterocycles. The molecule has 0 bridgehead atoms. The molecule has 0 spiro atoms. The van der Waals surface area contributed by atoms with E-state index in [0.29, 0.717) is 5.15 Å². The summed E-state index contributed by atoms with van der Waals surface area (Å²) < 4.78 is 0.928. The van der Waals surface area contributed by atoms with E-state index in [0.717, 1.165) is 14.9 Å². The zero-order valence-electron chi connectivity index (χ0n) is 7.40. The minimum atomic E-state index is 0.547. The van der Waals surface area contributed by atoms with Gasteiger partial charge in [-0.1, -0.05) is 17.7 Å². The first kappa shape index (κ1) is 9.96. The SMILES string of the molecule is Cc1cccnc1Sc1nc(Cl)cs1. The van der Waals surface area contributed by atoms with Gasteiger partial charge in [0.25, 0.3) is 0 Å². The first-order chi connectivity index (χ1) is 6.75. The molecular weight excluding hydrogens is 236 g/mol. The van der Waals surface area contributed by atoms with E-state index in [1.165, 1.54) is 11.3 Å². The van der Waals surface area contributed by atoms with E-state index in [2.05, 4.69) is 9.97 Å². The van der Waals surface area contributed by atoms with Crippen LogP contribution in [0.25, 0.3) is 0 Å². The molecule has 5 heteroatoms. The van der Waals surface area contributed by atoms with E-state index in [4.69, 9.17) is 11.6 Å². The Labute approximate surface area is 95.4 Å². The predicted octanol–water partition coefficient (Wildman–Crippen LogP) is 3.65. The van der Waals surface area contributed by atoms with Gasteiger partial charge in [0, 0.05) is 11.6 Å². The average molecular weight is 243 g/mol. The van der Waals surface area contributed by atoms with Gasteiger partial charge in [0.1, 0.15) is 10.2 Å². The van der Waals surface area contributed by atoms with Crippen LogP contribution in [-0.4, -0.2) is 9.97 Å². The lowest BCUT2D eigenvalue weighted by Crippen LogP contribution is -1.82. The van der Waals surface area contributed by atoms with Crippen molar-refractivity contribution in [2.24, 2.45) is 0 Å². The Hall–Kier alpha value is -0.580. The Morgan fingerprint density at radius 1 is 1.50 bits per heavy atom. The highest BCUT2D eigenvalue weighted by Gasteiger charge is 2.05. The van der Waals surface area contributed by atoms with Gasteiger partial charge in [-0.15, -0.1) is 11.3 Å². The third kappa shape index (κ3) is 2.26. The number of hydrogen-bond donors (Lipinski definition) is 0. The molecule has 0 atom stereocenters. The van der Waals surface area contributed by atoms with E-state index in [1.807, 2.05) is 24.4 Å². The van der Waals surface area contributed by atoms with Crippen molar-refractivity contribution in [1.82, 2.24) is 9.97 Å². The van der Waals surface area contributed by atoms with Crippen LogP contribution in [-0.2, 0) is 0 Å². The van der Waals surface area contributed by atoms with Crippen LogP contribution in [0, 0.1) is 6.92 Å². The highest BCUT2D eigenvalue weighted by atomic mass is 35.5. The third-order valence-electron chi connectivity index (χ3n) is 1.60. The largest absolute Gasteiger partial charge is 0.249 e. The number of aryl methyl sites for hydroxylation is 1. The van der Waals surface area contributed by atoms with E-state index in [9.17, 15) is 0 Å². The van der Waals surface area contributed by atoms with Crippen molar-refractivity contribution in [3.63, 3.8) is 0 Å². The smallest absolute Gasteiger partial charge is 0.157 e. The average Bonchev–Trinajstić information content (AvgIpc) is 2.56. The Bertz CT molecular complexity index is 442. The Kier molecular flexibility index (Phi) is 3.05. The van der Waals surface area contributed by atoms with Crippen LogP contribution in [0.1, 0.15) is 5.56 Å². The number of aromatic nitrogens is 2. The van der Waals surface area contributed by atoms with E-state index >= 15 is 0 Å². The van der Waals surface area contributed by atoms with Gasteiger partial charge in [0.15, 0.2) is 4.34 Å². The molecule has 0 radical (unpaired) electrons. The first-order valence-electron chi connectivity index (χ1n) is 3.96.